The molecule has 0 heterocycles. The van der Waals surface area contributed by atoms with Crippen LogP contribution in [0, 0.1) is 0 Å². The van der Waals surface area contributed by atoms with Crippen molar-refractivity contribution in [2.24, 2.45) is 0 Å². The van der Waals surface area contributed by atoms with Gasteiger partial charge in [-0.25, -0.2) is 0 Å². The Morgan fingerprint density at radius 1 is 1.38 bits per heavy atom. The fourth-order valence-corrected chi connectivity index (χ4v) is 1.68. The first-order valence-corrected chi connectivity index (χ1v) is 4.48. The van der Waals surface area contributed by atoms with Gasteiger partial charge in [-0.2, -0.15) is 13.2 Å². The van der Waals surface area contributed by atoms with Crippen LogP contribution < -0.4 is 5.32 Å². The van der Waals surface area contributed by atoms with Crippen LogP contribution in [0.15, 0.2) is 11.6 Å². The van der Waals surface area contributed by atoms with Gasteiger partial charge in [0.2, 0.25) is 0 Å². The summed E-state index contributed by atoms with van der Waals surface area (Å²) in [5.41, 5.74) is 0.501. The van der Waals surface area contributed by atoms with Crippen molar-refractivity contribution in [1.82, 2.24) is 5.32 Å². The molecular formula is C9H14F3N. The number of hydrogen-bond acceptors (Lipinski definition) is 1. The number of halogens is 3. The van der Waals surface area contributed by atoms with Crippen molar-refractivity contribution in [3.05, 3.63) is 11.6 Å². The molecule has 1 nitrogen and oxygen atoms in total. The summed E-state index contributed by atoms with van der Waals surface area (Å²) in [5.74, 6) is 0. The second kappa shape index (κ2) is 4.13. The molecule has 1 N–H and O–H groups in total. The number of rotatable bonds is 2. The highest BCUT2D eigenvalue weighted by Gasteiger charge is 2.40. The lowest BCUT2D eigenvalue weighted by molar-refractivity contribution is -0.146. The molecule has 0 fully saturated rings. The lowest BCUT2D eigenvalue weighted by Gasteiger charge is -2.24. The van der Waals surface area contributed by atoms with Gasteiger partial charge in [-0.05, 0) is 38.3 Å². The number of hydrogen-bond donors (Lipinski definition) is 1. The maximum Gasteiger partial charge on any atom is 0.407 e. The fraction of sp³-hybridized carbons (Fsp3) is 0.778. The molecule has 0 amide bonds. The molecule has 13 heavy (non-hydrogen) atoms. The van der Waals surface area contributed by atoms with Crippen LogP contribution in [-0.2, 0) is 0 Å². The molecule has 1 atom stereocenters. The van der Waals surface area contributed by atoms with E-state index in [4.69, 9.17) is 0 Å². The molecule has 76 valence electrons. The minimum atomic E-state index is -4.15. The van der Waals surface area contributed by atoms with E-state index >= 15 is 0 Å². The third kappa shape index (κ3) is 2.72. The van der Waals surface area contributed by atoms with Gasteiger partial charge < -0.3 is 5.32 Å². The molecule has 0 aromatic rings. The van der Waals surface area contributed by atoms with Gasteiger partial charge in [0.05, 0.1) is 0 Å². The molecule has 1 unspecified atom stereocenters. The number of alkyl halides is 3. The lowest BCUT2D eigenvalue weighted by Crippen LogP contribution is -2.42. The topological polar surface area (TPSA) is 12.0 Å². The Hall–Kier alpha value is -0.510. The average molecular weight is 193 g/mol. The van der Waals surface area contributed by atoms with Gasteiger partial charge in [-0.3, -0.25) is 0 Å². The third-order valence-corrected chi connectivity index (χ3v) is 2.31. The van der Waals surface area contributed by atoms with Crippen LogP contribution in [0.4, 0.5) is 13.2 Å². The summed E-state index contributed by atoms with van der Waals surface area (Å²) in [6.07, 6.45) is 0.808. The Labute approximate surface area is 76.0 Å². The maximum atomic E-state index is 12.4. The normalized spacial score (nSPS) is 21.1. The zero-order valence-electron chi connectivity index (χ0n) is 7.62. The monoisotopic (exact) mass is 193 g/mol. The van der Waals surface area contributed by atoms with Crippen LogP contribution in [-0.4, -0.2) is 19.3 Å². The second-order valence-corrected chi connectivity index (χ2v) is 3.29. The van der Waals surface area contributed by atoms with Crippen molar-refractivity contribution in [1.29, 1.82) is 0 Å². The van der Waals surface area contributed by atoms with Gasteiger partial charge in [0.25, 0.3) is 0 Å². The SMILES string of the molecule is CNC(C1=CCCCC1)C(F)(F)F. The predicted octanol–water partition coefficient (Wildman–Crippen LogP) is 2.64. The summed E-state index contributed by atoms with van der Waals surface area (Å²) >= 11 is 0. The van der Waals surface area contributed by atoms with Gasteiger partial charge in [0, 0.05) is 0 Å². The Morgan fingerprint density at radius 3 is 2.46 bits per heavy atom. The van der Waals surface area contributed by atoms with E-state index in [1.807, 2.05) is 0 Å². The molecule has 0 bridgehead atoms. The largest absolute Gasteiger partial charge is 0.407 e. The van der Waals surface area contributed by atoms with E-state index < -0.39 is 12.2 Å². The molecule has 1 aliphatic carbocycles. The van der Waals surface area contributed by atoms with Gasteiger partial charge in [0.1, 0.15) is 6.04 Å². The molecule has 1 aliphatic rings. The fourth-order valence-electron chi connectivity index (χ4n) is 1.68. The Kier molecular flexibility index (Phi) is 3.36. The van der Waals surface area contributed by atoms with E-state index in [1.54, 1.807) is 6.08 Å². The van der Waals surface area contributed by atoms with Gasteiger partial charge >= 0.3 is 6.18 Å². The maximum absolute atomic E-state index is 12.4. The van der Waals surface area contributed by atoms with Crippen molar-refractivity contribution in [3.8, 4) is 0 Å². The summed E-state index contributed by atoms with van der Waals surface area (Å²) in [5, 5.41) is 2.32. The number of allylic oxidation sites excluding steroid dienone is 1. The zero-order valence-corrected chi connectivity index (χ0v) is 7.62. The van der Waals surface area contributed by atoms with Crippen LogP contribution in [0.25, 0.3) is 0 Å². The highest BCUT2D eigenvalue weighted by molar-refractivity contribution is 5.15. The van der Waals surface area contributed by atoms with Crippen LogP contribution in [0.2, 0.25) is 0 Å². The molecule has 0 radical (unpaired) electrons. The van der Waals surface area contributed by atoms with Gasteiger partial charge in [-0.15, -0.1) is 0 Å². The third-order valence-electron chi connectivity index (χ3n) is 2.31. The van der Waals surface area contributed by atoms with E-state index in [0.717, 1.165) is 19.3 Å². The Balaban J connectivity index is 2.70. The minimum absolute atomic E-state index is 0.501. The highest BCUT2D eigenvalue weighted by atomic mass is 19.4. The van der Waals surface area contributed by atoms with Crippen LogP contribution >= 0.6 is 0 Å². The first kappa shape index (κ1) is 10.6. The molecule has 0 saturated heterocycles. The average Bonchev–Trinajstić information content (AvgIpc) is 2.05. The smallest absolute Gasteiger partial charge is 0.306 e. The Bertz CT molecular complexity index is 196. The van der Waals surface area contributed by atoms with E-state index in [9.17, 15) is 13.2 Å². The molecular weight excluding hydrogens is 179 g/mol. The van der Waals surface area contributed by atoms with Crippen LogP contribution in [0.1, 0.15) is 25.7 Å². The lowest BCUT2D eigenvalue weighted by atomic mass is 9.93. The minimum Gasteiger partial charge on any atom is -0.306 e. The van der Waals surface area contributed by atoms with Crippen molar-refractivity contribution < 1.29 is 13.2 Å². The first-order chi connectivity index (χ1) is 6.05. The number of nitrogens with one attached hydrogen (secondary N) is 1. The first-order valence-electron chi connectivity index (χ1n) is 4.48. The van der Waals surface area contributed by atoms with E-state index in [0.29, 0.717) is 12.0 Å². The van der Waals surface area contributed by atoms with Gasteiger partial charge in [0.15, 0.2) is 0 Å². The van der Waals surface area contributed by atoms with Crippen LogP contribution in [0.3, 0.4) is 0 Å². The summed E-state index contributed by atoms with van der Waals surface area (Å²) in [6, 6.07) is -1.44. The molecule has 0 saturated carbocycles. The van der Waals surface area contributed by atoms with Crippen molar-refractivity contribution >= 4 is 0 Å². The summed E-state index contributed by atoms with van der Waals surface area (Å²) < 4.78 is 37.2. The predicted molar refractivity (Wildman–Crippen MR) is 45.5 cm³/mol. The summed E-state index contributed by atoms with van der Waals surface area (Å²) in [7, 11) is 1.35. The summed E-state index contributed by atoms with van der Waals surface area (Å²) in [6.45, 7) is 0. The number of likely N-dealkylation sites (N-methyl/N-ethyl adjacent to an activating group) is 1. The second-order valence-electron chi connectivity index (χ2n) is 3.29. The van der Waals surface area contributed by atoms with E-state index in [-0.39, 0.29) is 0 Å². The quantitative estimate of drug-likeness (QED) is 0.665. The molecule has 0 aromatic heterocycles. The van der Waals surface area contributed by atoms with Crippen molar-refractivity contribution in [2.75, 3.05) is 7.05 Å². The highest BCUT2D eigenvalue weighted by Crippen LogP contribution is 2.30. The standard InChI is InChI=1S/C9H14F3N/c1-13-8(9(10,11)12)7-5-3-2-4-6-7/h5,8,13H,2-4,6H2,1H3. The zero-order chi connectivity index (χ0) is 9.90. The molecule has 1 rings (SSSR count). The summed E-state index contributed by atoms with van der Waals surface area (Å²) in [4.78, 5) is 0. The molecule has 0 aromatic carbocycles. The molecule has 0 spiro atoms. The van der Waals surface area contributed by atoms with Crippen molar-refractivity contribution in [2.45, 2.75) is 37.9 Å². The molecule has 0 aliphatic heterocycles. The van der Waals surface area contributed by atoms with E-state index in [2.05, 4.69) is 5.32 Å². The Morgan fingerprint density at radius 2 is 2.08 bits per heavy atom. The molecule has 4 heteroatoms. The van der Waals surface area contributed by atoms with Gasteiger partial charge in [-0.1, -0.05) is 6.08 Å². The van der Waals surface area contributed by atoms with Crippen LogP contribution in [0.5, 0.6) is 0 Å². The van der Waals surface area contributed by atoms with E-state index in [1.165, 1.54) is 7.05 Å². The van der Waals surface area contributed by atoms with Crippen molar-refractivity contribution in [3.63, 3.8) is 0 Å².